The quantitative estimate of drug-likeness (QED) is 0.379. The highest BCUT2D eigenvalue weighted by Gasteiger charge is 2.32. The number of hydrogen-bond donors (Lipinski definition) is 3. The first kappa shape index (κ1) is 26.4. The molecule has 0 saturated carbocycles. The van der Waals surface area contributed by atoms with E-state index in [-0.39, 0.29) is 23.3 Å². The molecule has 2 amide bonds. The number of anilines is 2. The van der Waals surface area contributed by atoms with Gasteiger partial charge in [-0.2, -0.15) is 0 Å². The number of carbonyl (C=O) groups is 2. The van der Waals surface area contributed by atoms with Gasteiger partial charge in [0, 0.05) is 37.2 Å². The van der Waals surface area contributed by atoms with Crippen molar-refractivity contribution in [2.45, 2.75) is 50.6 Å². The van der Waals surface area contributed by atoms with Gasteiger partial charge in [-0.3, -0.25) is 14.9 Å². The van der Waals surface area contributed by atoms with E-state index in [1.165, 1.54) is 0 Å². The van der Waals surface area contributed by atoms with Crippen molar-refractivity contribution in [2.24, 2.45) is 0 Å². The molecule has 198 valence electrons. The van der Waals surface area contributed by atoms with Gasteiger partial charge in [0.1, 0.15) is 11.5 Å². The monoisotopic (exact) mass is 552 g/mol. The summed E-state index contributed by atoms with van der Waals surface area (Å²) >= 11 is 12.5. The van der Waals surface area contributed by atoms with Crippen molar-refractivity contribution in [3.8, 4) is 11.3 Å². The van der Waals surface area contributed by atoms with Crippen molar-refractivity contribution >= 4 is 46.7 Å². The summed E-state index contributed by atoms with van der Waals surface area (Å²) in [4.78, 5) is 35.4. The predicted octanol–water partition coefficient (Wildman–Crippen LogP) is 4.70. The minimum atomic E-state index is -0.297. The van der Waals surface area contributed by atoms with Crippen LogP contribution in [0.15, 0.2) is 48.7 Å². The summed E-state index contributed by atoms with van der Waals surface area (Å²) in [5, 5.41) is 7.05. The maximum atomic E-state index is 12.5. The van der Waals surface area contributed by atoms with Crippen LogP contribution >= 0.6 is 23.2 Å². The van der Waals surface area contributed by atoms with Crippen molar-refractivity contribution in [1.82, 2.24) is 20.6 Å². The highest BCUT2D eigenvalue weighted by molar-refractivity contribution is 6.43. The van der Waals surface area contributed by atoms with Gasteiger partial charge in [-0.1, -0.05) is 59.6 Å². The number of piperidine rings is 2. The van der Waals surface area contributed by atoms with Gasteiger partial charge in [0.25, 0.3) is 0 Å². The van der Waals surface area contributed by atoms with Gasteiger partial charge in [0.2, 0.25) is 11.8 Å². The van der Waals surface area contributed by atoms with Gasteiger partial charge < -0.3 is 16.0 Å². The fourth-order valence-electron chi connectivity index (χ4n) is 5.18. The van der Waals surface area contributed by atoms with E-state index in [1.807, 2.05) is 24.3 Å². The van der Waals surface area contributed by atoms with Crippen molar-refractivity contribution in [1.29, 1.82) is 0 Å². The Bertz CT molecular complexity index is 1370. The molecule has 3 aromatic rings. The second kappa shape index (κ2) is 10.9. The third-order valence-electron chi connectivity index (χ3n) is 7.56. The minimum Gasteiger partial charge on any atom is -0.382 e. The number of hydrogen-bond acceptors (Lipinski definition) is 7. The van der Waals surface area contributed by atoms with Crippen molar-refractivity contribution in [3.63, 3.8) is 0 Å². The van der Waals surface area contributed by atoms with E-state index in [2.05, 4.69) is 38.5 Å². The Balaban J connectivity index is 1.23. The van der Waals surface area contributed by atoms with Gasteiger partial charge in [-0.15, -0.1) is 0 Å². The molecule has 2 aliphatic heterocycles. The maximum Gasteiger partial charge on any atom is 0.234 e. The lowest BCUT2D eigenvalue weighted by Gasteiger charge is -2.41. The van der Waals surface area contributed by atoms with E-state index < -0.39 is 0 Å². The Kier molecular flexibility index (Phi) is 7.56. The maximum absolute atomic E-state index is 12.5. The highest BCUT2D eigenvalue weighted by Crippen LogP contribution is 2.35. The molecule has 5 rings (SSSR count). The summed E-state index contributed by atoms with van der Waals surface area (Å²) < 4.78 is 0. The summed E-state index contributed by atoms with van der Waals surface area (Å²) in [5.41, 5.74) is 9.43. The number of nitrogens with two attached hydrogens (primary N) is 1. The van der Waals surface area contributed by atoms with E-state index in [0.29, 0.717) is 46.5 Å². The van der Waals surface area contributed by atoms with Gasteiger partial charge >= 0.3 is 0 Å². The number of nitrogens with one attached hydrogen (secondary N) is 2. The lowest BCUT2D eigenvalue weighted by atomic mass is 9.86. The number of rotatable bonds is 6. The number of aromatic nitrogens is 2. The summed E-state index contributed by atoms with van der Waals surface area (Å²) in [7, 11) is 0. The Morgan fingerprint density at radius 2 is 1.89 bits per heavy atom. The Morgan fingerprint density at radius 3 is 2.63 bits per heavy atom. The normalized spacial score (nSPS) is 19.3. The van der Waals surface area contributed by atoms with E-state index in [9.17, 15) is 9.59 Å². The van der Waals surface area contributed by atoms with E-state index in [0.717, 1.165) is 42.9 Å². The molecule has 1 aromatic heterocycles. The summed E-state index contributed by atoms with van der Waals surface area (Å²) in [6, 6.07) is 13.3. The number of amides is 2. The Hall–Kier alpha value is -3.20. The van der Waals surface area contributed by atoms with Crippen LogP contribution in [0, 0.1) is 0 Å². The first-order valence-corrected chi connectivity index (χ1v) is 13.5. The van der Waals surface area contributed by atoms with Gasteiger partial charge in [0.15, 0.2) is 5.82 Å². The Morgan fingerprint density at radius 1 is 1.13 bits per heavy atom. The highest BCUT2D eigenvalue weighted by atomic mass is 35.5. The third-order valence-corrected chi connectivity index (χ3v) is 8.38. The molecular weight excluding hydrogens is 523 g/mol. The second-order valence-corrected chi connectivity index (χ2v) is 11.0. The van der Waals surface area contributed by atoms with E-state index >= 15 is 0 Å². The van der Waals surface area contributed by atoms with Crippen LogP contribution in [-0.4, -0.2) is 40.4 Å². The molecule has 10 heteroatoms. The van der Waals surface area contributed by atoms with Gasteiger partial charge in [-0.05, 0) is 43.4 Å². The van der Waals surface area contributed by atoms with Crippen LogP contribution in [0.1, 0.15) is 49.7 Å². The van der Waals surface area contributed by atoms with E-state index in [1.54, 1.807) is 18.3 Å². The lowest BCUT2D eigenvalue weighted by Crippen LogP contribution is -2.51. The number of imide groups is 1. The molecule has 8 nitrogen and oxygen atoms in total. The number of benzene rings is 2. The van der Waals surface area contributed by atoms with Gasteiger partial charge in [-0.25, -0.2) is 9.97 Å². The van der Waals surface area contributed by atoms with Crippen molar-refractivity contribution in [2.75, 3.05) is 23.7 Å². The number of nitrogen functional groups attached to an aromatic ring is 1. The summed E-state index contributed by atoms with van der Waals surface area (Å²) in [6.07, 6.45) is 4.44. The fraction of sp³-hybridized carbons (Fsp3) is 0.357. The van der Waals surface area contributed by atoms with Crippen LogP contribution in [0.25, 0.3) is 11.3 Å². The fourth-order valence-corrected chi connectivity index (χ4v) is 5.57. The van der Waals surface area contributed by atoms with Crippen LogP contribution in [0.3, 0.4) is 0 Å². The van der Waals surface area contributed by atoms with Crippen LogP contribution in [0.4, 0.5) is 11.6 Å². The zero-order valence-corrected chi connectivity index (χ0v) is 22.6. The first-order valence-electron chi connectivity index (χ1n) is 12.7. The average molecular weight is 553 g/mol. The molecule has 2 saturated heterocycles. The molecule has 3 heterocycles. The molecule has 2 fully saturated rings. The first-order chi connectivity index (χ1) is 18.2. The molecule has 2 aliphatic rings. The standard InChI is InChI=1S/C28H30Cl2N6O2/c1-28(33-15-17-5-2-3-6-18(17)19-9-10-23(37)35-27(19)38)11-13-36(14-12-28)22-16-32-25(26(31)34-22)20-7-4-8-21(29)24(20)30/h2-8,16,19,33H,9-15H2,1H3,(H2,31,34)(H,35,37,38). The zero-order chi connectivity index (χ0) is 26.9. The van der Waals surface area contributed by atoms with Crippen LogP contribution in [0.5, 0.6) is 0 Å². The van der Waals surface area contributed by atoms with Crippen molar-refractivity contribution in [3.05, 3.63) is 69.8 Å². The van der Waals surface area contributed by atoms with Gasteiger partial charge in [0.05, 0.1) is 22.2 Å². The van der Waals surface area contributed by atoms with Crippen molar-refractivity contribution < 1.29 is 9.59 Å². The molecular formula is C28H30Cl2N6O2. The molecule has 0 bridgehead atoms. The number of halogens is 2. The molecule has 2 aromatic carbocycles. The Labute approximate surface area is 231 Å². The zero-order valence-electron chi connectivity index (χ0n) is 21.1. The molecule has 0 radical (unpaired) electrons. The number of carbonyl (C=O) groups excluding carboxylic acids is 2. The lowest BCUT2D eigenvalue weighted by molar-refractivity contribution is -0.134. The van der Waals surface area contributed by atoms with Crippen LogP contribution in [-0.2, 0) is 16.1 Å². The third kappa shape index (κ3) is 5.48. The molecule has 4 N–H and O–H groups in total. The smallest absolute Gasteiger partial charge is 0.234 e. The molecule has 1 unspecified atom stereocenters. The van der Waals surface area contributed by atoms with Crippen LogP contribution in [0.2, 0.25) is 10.0 Å². The predicted molar refractivity (Wildman–Crippen MR) is 150 cm³/mol. The molecule has 1 atom stereocenters. The largest absolute Gasteiger partial charge is 0.382 e. The molecule has 0 aliphatic carbocycles. The SMILES string of the molecule is CC1(NCc2ccccc2C2CCC(=O)NC2=O)CCN(c2cnc(-c3cccc(Cl)c3Cl)c(N)n2)CC1. The summed E-state index contributed by atoms with van der Waals surface area (Å²) in [5.74, 6) is 0.333. The second-order valence-electron chi connectivity index (χ2n) is 10.2. The minimum absolute atomic E-state index is 0.0817. The summed E-state index contributed by atoms with van der Waals surface area (Å²) in [6.45, 7) is 4.46. The van der Waals surface area contributed by atoms with Crippen LogP contribution < -0.4 is 21.3 Å². The topological polar surface area (TPSA) is 113 Å². The number of nitrogens with zero attached hydrogens (tertiary/aromatic N) is 3. The van der Waals surface area contributed by atoms with E-state index in [4.69, 9.17) is 28.9 Å². The average Bonchev–Trinajstić information content (AvgIpc) is 2.90. The molecule has 38 heavy (non-hydrogen) atoms. The molecule has 0 spiro atoms.